The molecule has 0 fully saturated rings. The summed E-state index contributed by atoms with van der Waals surface area (Å²) in [5.41, 5.74) is 0.129. The van der Waals surface area contributed by atoms with E-state index in [2.05, 4.69) is 5.32 Å². The van der Waals surface area contributed by atoms with Gasteiger partial charge in [-0.05, 0) is 24.3 Å². The minimum absolute atomic E-state index is 0.0353. The van der Waals surface area contributed by atoms with Gasteiger partial charge in [0, 0.05) is 5.56 Å². The first-order chi connectivity index (χ1) is 8.40. The van der Waals surface area contributed by atoms with Crippen LogP contribution in [0.25, 0.3) is 0 Å². The predicted molar refractivity (Wildman–Crippen MR) is 59.2 cm³/mol. The first-order valence-corrected chi connectivity index (χ1v) is 4.94. The highest BCUT2D eigenvalue weighted by Gasteiger charge is 2.23. The Kier molecular flexibility index (Phi) is 4.25. The van der Waals surface area contributed by atoms with Gasteiger partial charge in [-0.1, -0.05) is 0 Å². The molecule has 1 aromatic rings. The highest BCUT2D eigenvalue weighted by Crippen LogP contribution is 2.09. The summed E-state index contributed by atoms with van der Waals surface area (Å²) >= 11 is 0. The van der Waals surface area contributed by atoms with Crippen LogP contribution >= 0.6 is 0 Å². The summed E-state index contributed by atoms with van der Waals surface area (Å²) in [6.45, 7) is 0. The number of carbonyl (C=O) groups is 3. The molecule has 0 saturated heterocycles. The zero-order valence-electron chi connectivity index (χ0n) is 9.16. The lowest BCUT2D eigenvalue weighted by atomic mass is 10.1. The second kappa shape index (κ2) is 5.67. The summed E-state index contributed by atoms with van der Waals surface area (Å²) < 4.78 is 0. The Hall–Kier alpha value is -2.57. The molecule has 1 amide bonds. The van der Waals surface area contributed by atoms with Crippen molar-refractivity contribution in [2.75, 3.05) is 0 Å². The average Bonchev–Trinajstić information content (AvgIpc) is 2.28. The van der Waals surface area contributed by atoms with E-state index >= 15 is 0 Å². The van der Waals surface area contributed by atoms with Gasteiger partial charge in [0.25, 0.3) is 5.91 Å². The molecule has 1 rings (SSSR count). The molecule has 1 atom stereocenters. The van der Waals surface area contributed by atoms with Crippen molar-refractivity contribution in [2.45, 2.75) is 12.5 Å². The van der Waals surface area contributed by atoms with Crippen molar-refractivity contribution < 1.29 is 29.7 Å². The Morgan fingerprint density at radius 2 is 1.67 bits per heavy atom. The summed E-state index contributed by atoms with van der Waals surface area (Å²) in [6.07, 6.45) is -0.709. The zero-order chi connectivity index (χ0) is 13.7. The van der Waals surface area contributed by atoms with Gasteiger partial charge in [0.2, 0.25) is 0 Å². The predicted octanol–water partition coefficient (Wildman–Crippen LogP) is 0.0499. The fourth-order valence-corrected chi connectivity index (χ4v) is 1.23. The van der Waals surface area contributed by atoms with Crippen LogP contribution in [0.1, 0.15) is 16.8 Å². The van der Waals surface area contributed by atoms with Crippen molar-refractivity contribution in [1.82, 2.24) is 5.32 Å². The lowest BCUT2D eigenvalue weighted by Crippen LogP contribution is -2.42. The molecule has 0 heterocycles. The number of phenols is 1. The molecular formula is C11H11NO6. The third-order valence-electron chi connectivity index (χ3n) is 2.11. The summed E-state index contributed by atoms with van der Waals surface area (Å²) in [6, 6.07) is 3.63. The lowest BCUT2D eigenvalue weighted by Gasteiger charge is -2.12. The molecule has 7 nitrogen and oxygen atoms in total. The number of hydrogen-bond donors (Lipinski definition) is 4. The second-order valence-corrected chi connectivity index (χ2v) is 3.51. The van der Waals surface area contributed by atoms with E-state index in [0.717, 1.165) is 0 Å². The topological polar surface area (TPSA) is 124 Å². The Labute approximate surface area is 102 Å². The quantitative estimate of drug-likeness (QED) is 0.587. The third-order valence-corrected chi connectivity index (χ3v) is 2.11. The van der Waals surface area contributed by atoms with Crippen LogP contribution in [0.3, 0.4) is 0 Å². The number of carbonyl (C=O) groups excluding carboxylic acids is 1. The fourth-order valence-electron chi connectivity index (χ4n) is 1.23. The zero-order valence-corrected chi connectivity index (χ0v) is 9.16. The first kappa shape index (κ1) is 13.5. The van der Waals surface area contributed by atoms with Gasteiger partial charge >= 0.3 is 11.9 Å². The number of amides is 1. The van der Waals surface area contributed by atoms with Crippen molar-refractivity contribution in [2.24, 2.45) is 0 Å². The van der Waals surface area contributed by atoms with Gasteiger partial charge < -0.3 is 20.6 Å². The van der Waals surface area contributed by atoms with Crippen molar-refractivity contribution in [1.29, 1.82) is 0 Å². The molecule has 1 aromatic carbocycles. The summed E-state index contributed by atoms with van der Waals surface area (Å²) in [7, 11) is 0. The fraction of sp³-hybridized carbons (Fsp3) is 0.182. The molecule has 0 unspecified atom stereocenters. The number of aromatic hydroxyl groups is 1. The van der Waals surface area contributed by atoms with E-state index in [1.54, 1.807) is 0 Å². The van der Waals surface area contributed by atoms with E-state index < -0.39 is 30.3 Å². The highest BCUT2D eigenvalue weighted by atomic mass is 16.4. The van der Waals surface area contributed by atoms with Crippen molar-refractivity contribution >= 4 is 17.8 Å². The highest BCUT2D eigenvalue weighted by molar-refractivity contribution is 5.97. The summed E-state index contributed by atoms with van der Waals surface area (Å²) in [4.78, 5) is 32.8. The summed E-state index contributed by atoms with van der Waals surface area (Å²) in [5.74, 6) is -3.51. The Morgan fingerprint density at radius 3 is 2.11 bits per heavy atom. The van der Waals surface area contributed by atoms with Gasteiger partial charge in [0.15, 0.2) is 0 Å². The first-order valence-electron chi connectivity index (χ1n) is 4.94. The van der Waals surface area contributed by atoms with Crippen LogP contribution in [-0.2, 0) is 9.59 Å². The molecule has 96 valence electrons. The smallest absolute Gasteiger partial charge is 0.326 e. The molecule has 0 spiro atoms. The van der Waals surface area contributed by atoms with Crippen molar-refractivity contribution in [3.8, 4) is 5.75 Å². The number of nitrogens with one attached hydrogen (secondary N) is 1. The van der Waals surface area contributed by atoms with Crippen LogP contribution in [0.5, 0.6) is 5.75 Å². The Morgan fingerprint density at radius 1 is 1.11 bits per heavy atom. The van der Waals surface area contributed by atoms with Crippen molar-refractivity contribution in [3.63, 3.8) is 0 Å². The molecule has 0 bridgehead atoms. The SMILES string of the molecule is O=C(O)C[C@@H](NC(=O)c1ccc(O)cc1)C(=O)O. The maximum Gasteiger partial charge on any atom is 0.326 e. The molecule has 18 heavy (non-hydrogen) atoms. The van der Waals surface area contributed by atoms with Crippen LogP contribution in [0.2, 0.25) is 0 Å². The molecule has 4 N–H and O–H groups in total. The monoisotopic (exact) mass is 253 g/mol. The van der Waals surface area contributed by atoms with Crippen LogP contribution in [0, 0.1) is 0 Å². The van der Waals surface area contributed by atoms with E-state index in [9.17, 15) is 14.4 Å². The number of rotatable bonds is 5. The minimum Gasteiger partial charge on any atom is -0.508 e. The lowest BCUT2D eigenvalue weighted by molar-refractivity contribution is -0.145. The maximum absolute atomic E-state index is 11.6. The normalized spacial score (nSPS) is 11.6. The molecule has 0 aliphatic rings. The number of aliphatic carboxylic acids is 2. The van der Waals surface area contributed by atoms with E-state index in [1.165, 1.54) is 24.3 Å². The van der Waals surface area contributed by atoms with Crippen molar-refractivity contribution in [3.05, 3.63) is 29.8 Å². The van der Waals surface area contributed by atoms with Crippen LogP contribution in [0.15, 0.2) is 24.3 Å². The van der Waals surface area contributed by atoms with Gasteiger partial charge in [-0.3, -0.25) is 9.59 Å². The average molecular weight is 253 g/mol. The summed E-state index contributed by atoms with van der Waals surface area (Å²) in [5, 5.41) is 28.4. The molecule has 0 aliphatic heterocycles. The molecule has 0 radical (unpaired) electrons. The Balaban J connectivity index is 2.75. The number of hydrogen-bond acceptors (Lipinski definition) is 4. The number of carboxylic acids is 2. The second-order valence-electron chi connectivity index (χ2n) is 3.51. The van der Waals surface area contributed by atoms with E-state index in [4.69, 9.17) is 15.3 Å². The van der Waals surface area contributed by atoms with E-state index in [-0.39, 0.29) is 11.3 Å². The van der Waals surface area contributed by atoms with Gasteiger partial charge in [0.05, 0.1) is 6.42 Å². The number of phenolic OH excluding ortho intramolecular Hbond substituents is 1. The Bertz CT molecular complexity index is 467. The number of benzene rings is 1. The third kappa shape index (κ3) is 3.78. The van der Waals surface area contributed by atoms with Crippen LogP contribution in [-0.4, -0.2) is 39.2 Å². The molecule has 7 heteroatoms. The standard InChI is InChI=1S/C11H11NO6/c13-7-3-1-6(2-4-7)10(16)12-8(11(17)18)5-9(14)15/h1-4,8,13H,5H2,(H,12,16)(H,14,15)(H,17,18)/t8-/m1/s1. The number of carboxylic acid groups (broad SMARTS) is 2. The van der Waals surface area contributed by atoms with Gasteiger partial charge in [-0.25, -0.2) is 4.79 Å². The molecule has 0 aromatic heterocycles. The van der Waals surface area contributed by atoms with Crippen LogP contribution < -0.4 is 5.32 Å². The maximum atomic E-state index is 11.6. The van der Waals surface area contributed by atoms with Gasteiger partial charge in [-0.2, -0.15) is 0 Å². The van der Waals surface area contributed by atoms with E-state index in [1.807, 2.05) is 0 Å². The van der Waals surface area contributed by atoms with Gasteiger partial charge in [-0.15, -0.1) is 0 Å². The van der Waals surface area contributed by atoms with Crippen LogP contribution in [0.4, 0.5) is 0 Å². The molecular weight excluding hydrogens is 242 g/mol. The van der Waals surface area contributed by atoms with E-state index in [0.29, 0.717) is 0 Å². The largest absolute Gasteiger partial charge is 0.508 e. The van der Waals surface area contributed by atoms with Gasteiger partial charge in [0.1, 0.15) is 11.8 Å². The minimum atomic E-state index is -1.50. The molecule has 0 aliphatic carbocycles. The molecule has 0 saturated carbocycles.